The fraction of sp³-hybridized carbons (Fsp3) is 0.867. The summed E-state index contributed by atoms with van der Waals surface area (Å²) in [6.45, 7) is 2.04. The van der Waals surface area contributed by atoms with Gasteiger partial charge in [-0.25, -0.2) is 4.57 Å². The number of aliphatic hydroxyl groups excluding tert-OH is 9. The average Bonchev–Trinajstić information content (AvgIpc) is 0.824. The van der Waals surface area contributed by atoms with E-state index in [1.165, 1.54) is 13.8 Å². The molecule has 39 heteroatoms. The molecule has 3 rings (SSSR count). The lowest BCUT2D eigenvalue weighted by Crippen LogP contribution is -2.64. The number of phosphoric ester groups is 1. The van der Waals surface area contributed by atoms with Crippen LogP contribution in [0.25, 0.3) is 0 Å². The van der Waals surface area contributed by atoms with Crippen molar-refractivity contribution in [1.82, 2.24) is 31.9 Å². The first-order valence-electron chi connectivity index (χ1n) is 39.8. The van der Waals surface area contributed by atoms with Crippen LogP contribution in [0.5, 0.6) is 0 Å². The number of rotatable bonds is 65. The number of amides is 6. The molecular formula is C75H135N6O32P. The zero-order chi connectivity index (χ0) is 83.6. The molecule has 3 fully saturated rings. The molecule has 662 valence electrons. The lowest BCUT2D eigenvalue weighted by Gasteiger charge is -2.42. The Balaban J connectivity index is 0.0000441. The summed E-state index contributed by atoms with van der Waals surface area (Å²) < 4.78 is 72.6. The van der Waals surface area contributed by atoms with E-state index in [-0.39, 0.29) is 167 Å². The van der Waals surface area contributed by atoms with Crippen molar-refractivity contribution in [2.24, 2.45) is 5.92 Å². The minimum absolute atomic E-state index is 0. The second-order valence-electron chi connectivity index (χ2n) is 28.9. The highest BCUT2D eigenvalue weighted by atomic mass is 31.2. The number of phosphoric acid groups is 1. The summed E-state index contributed by atoms with van der Waals surface area (Å²) >= 11 is 0. The Morgan fingerprint density at radius 3 is 1.25 bits per heavy atom. The Morgan fingerprint density at radius 1 is 0.404 bits per heavy atom. The van der Waals surface area contributed by atoms with E-state index >= 15 is 0 Å². The molecule has 0 bridgehead atoms. The molecular weight excluding hydrogens is 1530 g/mol. The highest BCUT2D eigenvalue weighted by molar-refractivity contribution is 7.47. The largest absolute Gasteiger partial charge is 0.471 e. The van der Waals surface area contributed by atoms with E-state index in [0.29, 0.717) is 129 Å². The highest BCUT2D eigenvalue weighted by Crippen LogP contribution is 2.42. The Hall–Kier alpha value is -5.27. The van der Waals surface area contributed by atoms with Gasteiger partial charge in [-0.2, -0.15) is 0 Å². The predicted octanol–water partition coefficient (Wildman–Crippen LogP) is 0.198. The lowest BCUT2D eigenvalue weighted by molar-refractivity contribution is -0.282. The van der Waals surface area contributed by atoms with E-state index in [1.54, 1.807) is 6.92 Å². The third-order valence-electron chi connectivity index (χ3n) is 19.1. The second-order valence-corrected chi connectivity index (χ2v) is 30.5. The van der Waals surface area contributed by atoms with Gasteiger partial charge in [0.15, 0.2) is 18.9 Å². The number of hydrogen-bond acceptors (Lipinski definition) is 31. The van der Waals surface area contributed by atoms with Gasteiger partial charge in [0.1, 0.15) is 90.4 Å². The maximum Gasteiger partial charge on any atom is 0.471 e. The molecule has 38 nitrogen and oxygen atoms in total. The molecule has 0 aliphatic carbocycles. The van der Waals surface area contributed by atoms with Gasteiger partial charge in [0.05, 0.1) is 59.0 Å². The maximum absolute atomic E-state index is 13.9. The number of hydrogen-bond donors (Lipinski definition) is 16. The number of unbranched alkanes of at least 4 members (excludes halogenated alkanes) is 10. The van der Waals surface area contributed by atoms with Crippen molar-refractivity contribution in [3.63, 3.8) is 0 Å². The fourth-order valence-corrected chi connectivity index (χ4v) is 12.9. The van der Waals surface area contributed by atoms with Crippen LogP contribution < -0.4 is 31.9 Å². The highest BCUT2D eigenvalue weighted by Gasteiger charge is 2.47. The Morgan fingerprint density at radius 2 is 0.772 bits per heavy atom. The van der Waals surface area contributed by atoms with Crippen LogP contribution in [0.3, 0.4) is 0 Å². The summed E-state index contributed by atoms with van der Waals surface area (Å²) in [4.78, 5) is 138. The van der Waals surface area contributed by atoms with Crippen LogP contribution in [0.2, 0.25) is 0 Å². The van der Waals surface area contributed by atoms with Crippen LogP contribution in [0.15, 0.2) is 0 Å². The first-order chi connectivity index (χ1) is 54.0. The first kappa shape index (κ1) is 105. The van der Waals surface area contributed by atoms with Gasteiger partial charge in [0, 0.05) is 137 Å². The summed E-state index contributed by atoms with van der Waals surface area (Å²) in [6.07, 6.45) is -5.23. The van der Waals surface area contributed by atoms with Crippen molar-refractivity contribution in [3.05, 3.63) is 0 Å². The summed E-state index contributed by atoms with van der Waals surface area (Å²) in [5, 5.41) is 107. The van der Waals surface area contributed by atoms with E-state index in [9.17, 15) is 103 Å². The summed E-state index contributed by atoms with van der Waals surface area (Å²) in [7, 11) is -3.01. The minimum atomic E-state index is -4.08. The molecule has 3 saturated heterocycles. The predicted molar refractivity (Wildman–Crippen MR) is 406 cm³/mol. The molecule has 16 N–H and O–H groups in total. The van der Waals surface area contributed by atoms with Crippen molar-refractivity contribution in [2.45, 2.75) is 306 Å². The van der Waals surface area contributed by atoms with Crippen molar-refractivity contribution in [3.8, 4) is 0 Å². The van der Waals surface area contributed by atoms with Gasteiger partial charge >= 0.3 is 13.8 Å². The molecule has 3 aliphatic rings. The van der Waals surface area contributed by atoms with Crippen molar-refractivity contribution in [2.75, 3.05) is 106 Å². The zero-order valence-corrected chi connectivity index (χ0v) is 67.1. The van der Waals surface area contributed by atoms with Gasteiger partial charge in [0.2, 0.25) is 35.4 Å². The Labute approximate surface area is 668 Å². The fourth-order valence-electron chi connectivity index (χ4n) is 12.5. The van der Waals surface area contributed by atoms with E-state index in [4.69, 9.17) is 47.2 Å². The smallest absolute Gasteiger partial charge is 0.463 e. The van der Waals surface area contributed by atoms with E-state index in [2.05, 4.69) is 36.4 Å². The number of carbonyl (C=O) groups excluding carboxylic acids is 10. The molecule has 0 saturated carbocycles. The van der Waals surface area contributed by atoms with Gasteiger partial charge in [-0.3, -0.25) is 57.0 Å². The van der Waals surface area contributed by atoms with E-state index in [1.807, 2.05) is 0 Å². The standard InChI is InChI=1S/C74H131N6O32P.CH4/c1-49-65(94)66(95)55(43-81)110-71(49)105-37-18-13-26-52(86)23-9-7-10-25-54(88)32-41-103-46-74(80-61(92)30-21-29-59(90)75-34-16-5-6-17-40-109-113(100,101)102-4,48-108-62(93)31-12-8-11-24-53(87)27-14-19-38-106-72-63(78-50(2)84)69(98)67(96)56(44-82)111-72)47-104-42-33-60(91)77-36-22-35-76-58(89)28-15-20-39-107-73-64(79-51(3)85)70(99)68(97)57(45-83)112-73;/h49,55-57,63-73,81-83,94-99H,5-48H2,1-4H3,(H,75,90)(H,76,89)(H,77,91)(H,78,84)(H,79,85)(H,80,92)(H,100,101);1H4/t49?,55?,56?,57?,63?,64?,65-,66+,67+,68+,69-,70-,71-,72-,73-,74?;/m1./s1. The monoisotopic (exact) mass is 1660 g/mol. The van der Waals surface area contributed by atoms with Gasteiger partial charge in [0.25, 0.3) is 0 Å². The van der Waals surface area contributed by atoms with E-state index in [0.717, 1.165) is 7.11 Å². The van der Waals surface area contributed by atoms with Crippen LogP contribution in [-0.4, -0.2) is 307 Å². The number of esters is 1. The number of ketones is 3. The number of Topliss-reactive ketones (excluding diaryl/α,β-unsaturated/α-hetero) is 3. The topological polar surface area (TPSA) is 564 Å². The van der Waals surface area contributed by atoms with Crippen molar-refractivity contribution in [1.29, 1.82) is 0 Å². The maximum atomic E-state index is 13.9. The van der Waals surface area contributed by atoms with Gasteiger partial charge < -0.3 is 125 Å². The van der Waals surface area contributed by atoms with Gasteiger partial charge in [-0.1, -0.05) is 40.0 Å². The zero-order valence-electron chi connectivity index (χ0n) is 66.2. The molecule has 0 aromatic rings. The summed E-state index contributed by atoms with van der Waals surface area (Å²) in [5.41, 5.74) is -1.61. The van der Waals surface area contributed by atoms with Crippen LogP contribution in [0.1, 0.15) is 214 Å². The van der Waals surface area contributed by atoms with Crippen LogP contribution in [0, 0.1) is 5.92 Å². The molecule has 6 amide bonds. The number of nitrogens with one attached hydrogen (secondary N) is 6. The Bertz CT molecular complexity index is 2820. The molecule has 3 heterocycles. The summed E-state index contributed by atoms with van der Waals surface area (Å²) in [5.74, 6) is -3.88. The SMILES string of the molecule is C.COP(=O)(O)OCCCCCCNC(=O)CCCC(=O)NC(COCCC(=O)CCCCCC(=O)CCCCO[C@@H]1OC(CO)[C@H](O)[C@H](O)C1C)(COCCC(=O)NCCCNC(=O)CCCCO[C@@H]1OC(CO)[C@H](O)[C@H](O)C1NC(C)=O)COC(=O)CCCCCC(=O)CCCCO[C@@H]1OC(CO)[C@H](O)[C@H](O)C1NC(C)=O. The molecule has 3 aliphatic heterocycles. The third-order valence-corrected chi connectivity index (χ3v) is 20.1. The lowest BCUT2D eigenvalue weighted by atomic mass is 9.92. The third kappa shape index (κ3) is 44.0. The van der Waals surface area contributed by atoms with Gasteiger partial charge in [-0.15, -0.1) is 0 Å². The number of aliphatic hydroxyl groups is 9. The minimum Gasteiger partial charge on any atom is -0.463 e. The normalized spacial score (nSPS) is 24.5. The summed E-state index contributed by atoms with van der Waals surface area (Å²) in [6, 6.07) is -2.21. The van der Waals surface area contributed by atoms with Crippen LogP contribution in [0.4, 0.5) is 0 Å². The van der Waals surface area contributed by atoms with Crippen molar-refractivity contribution < 1.29 is 155 Å². The molecule has 0 radical (unpaired) electrons. The molecule has 8 unspecified atom stereocenters. The molecule has 114 heavy (non-hydrogen) atoms. The van der Waals surface area contributed by atoms with Crippen molar-refractivity contribution >= 4 is 66.6 Å². The van der Waals surface area contributed by atoms with E-state index < -0.39 is 161 Å². The van der Waals surface area contributed by atoms with Gasteiger partial charge in [-0.05, 0) is 89.9 Å². The quantitative estimate of drug-likeness (QED) is 0.0220. The molecule has 0 aromatic heterocycles. The average molecular weight is 1660 g/mol. The second kappa shape index (κ2) is 60.2. The molecule has 0 spiro atoms. The first-order valence-corrected chi connectivity index (χ1v) is 41.3. The molecule has 0 aromatic carbocycles. The Kier molecular flexibility index (Phi) is 55.4. The number of ether oxygens (including phenoxy) is 9. The number of carbonyl (C=O) groups is 10. The van der Waals surface area contributed by atoms with Crippen LogP contribution in [-0.2, 0) is 104 Å². The molecule has 17 atom stereocenters. The van der Waals surface area contributed by atoms with Crippen LogP contribution >= 0.6 is 7.82 Å².